The Balaban J connectivity index is 2.09. The van der Waals surface area contributed by atoms with Crippen molar-refractivity contribution in [2.75, 3.05) is 0 Å². The molecule has 0 radical (unpaired) electrons. The van der Waals surface area contributed by atoms with Gasteiger partial charge in [-0.15, -0.1) is 0 Å². The van der Waals surface area contributed by atoms with Crippen molar-refractivity contribution in [1.29, 1.82) is 0 Å². The zero-order valence-corrected chi connectivity index (χ0v) is 17.1. The molecule has 0 saturated heterocycles. The molecule has 0 atom stereocenters. The first-order valence-electron chi connectivity index (χ1n) is 9.89. The summed E-state index contributed by atoms with van der Waals surface area (Å²) in [6.45, 7) is 8.11. The van der Waals surface area contributed by atoms with Crippen LogP contribution in [0.15, 0.2) is 61.1 Å². The molecule has 0 aliphatic rings. The molecule has 4 aromatic rings. The maximum absolute atomic E-state index is 13.6. The van der Waals surface area contributed by atoms with Gasteiger partial charge in [0.05, 0.1) is 11.2 Å². The molecule has 3 heterocycles. The van der Waals surface area contributed by atoms with Crippen LogP contribution >= 0.6 is 0 Å². The second-order valence-corrected chi connectivity index (χ2v) is 7.70. The van der Waals surface area contributed by atoms with Gasteiger partial charge in [0, 0.05) is 47.0 Å². The third-order valence-electron chi connectivity index (χ3n) is 5.12. The van der Waals surface area contributed by atoms with Gasteiger partial charge in [0.25, 0.3) is 5.91 Å². The van der Waals surface area contributed by atoms with Gasteiger partial charge >= 0.3 is 0 Å². The van der Waals surface area contributed by atoms with Crippen molar-refractivity contribution < 1.29 is 4.79 Å². The lowest BCUT2D eigenvalue weighted by Crippen LogP contribution is -2.42. The van der Waals surface area contributed by atoms with Crippen LogP contribution in [0.5, 0.6) is 0 Å². The molecule has 4 rings (SSSR count). The van der Waals surface area contributed by atoms with Gasteiger partial charge in [-0.25, -0.2) is 4.98 Å². The van der Waals surface area contributed by atoms with Crippen molar-refractivity contribution in [1.82, 2.24) is 19.9 Å². The van der Waals surface area contributed by atoms with E-state index in [1.807, 2.05) is 75.1 Å². The van der Waals surface area contributed by atoms with Gasteiger partial charge in [-0.05, 0) is 57.3 Å². The van der Waals surface area contributed by atoms with Crippen LogP contribution in [0.3, 0.4) is 0 Å². The molecule has 1 amide bonds. The van der Waals surface area contributed by atoms with Gasteiger partial charge in [0.2, 0.25) is 0 Å². The Morgan fingerprint density at radius 2 is 1.55 bits per heavy atom. The lowest BCUT2D eigenvalue weighted by Gasteiger charge is -2.31. The van der Waals surface area contributed by atoms with Gasteiger partial charge in [0.15, 0.2) is 0 Å². The predicted octanol–water partition coefficient (Wildman–Crippen LogP) is 5.10. The number of pyridine rings is 3. The summed E-state index contributed by atoms with van der Waals surface area (Å²) in [6.07, 6.45) is 5.20. The number of fused-ring (bicyclic) bond motifs is 3. The number of amides is 1. The number of carbonyl (C=O) groups excluding carboxylic acids is 1. The van der Waals surface area contributed by atoms with Crippen molar-refractivity contribution in [3.63, 3.8) is 0 Å². The average molecular weight is 384 g/mol. The second-order valence-electron chi connectivity index (χ2n) is 7.70. The number of aromatic nitrogens is 3. The highest BCUT2D eigenvalue weighted by Crippen LogP contribution is 2.34. The summed E-state index contributed by atoms with van der Waals surface area (Å²) < 4.78 is 0. The number of benzene rings is 1. The zero-order chi connectivity index (χ0) is 20.5. The van der Waals surface area contributed by atoms with Gasteiger partial charge in [-0.3, -0.25) is 14.8 Å². The van der Waals surface area contributed by atoms with Crippen LogP contribution in [0, 0.1) is 0 Å². The van der Waals surface area contributed by atoms with Crippen LogP contribution in [0.4, 0.5) is 0 Å². The molecule has 0 bridgehead atoms. The number of carbonyl (C=O) groups is 1. The van der Waals surface area contributed by atoms with E-state index in [9.17, 15) is 4.79 Å². The molecule has 0 aliphatic carbocycles. The highest BCUT2D eigenvalue weighted by atomic mass is 16.2. The molecule has 5 heteroatoms. The molecule has 0 fully saturated rings. The fourth-order valence-electron chi connectivity index (χ4n) is 3.97. The summed E-state index contributed by atoms with van der Waals surface area (Å²) in [6, 6.07) is 13.9. The molecule has 1 aromatic carbocycles. The second kappa shape index (κ2) is 7.59. The Hall–Kier alpha value is -3.34. The first-order valence-corrected chi connectivity index (χ1v) is 9.89. The Labute approximate surface area is 170 Å². The fourth-order valence-corrected chi connectivity index (χ4v) is 3.97. The molecular formula is C24H24N4O. The topological polar surface area (TPSA) is 59.0 Å². The van der Waals surface area contributed by atoms with E-state index in [1.54, 1.807) is 18.6 Å². The van der Waals surface area contributed by atoms with E-state index in [0.717, 1.165) is 32.9 Å². The van der Waals surface area contributed by atoms with Gasteiger partial charge in [-0.2, -0.15) is 0 Å². The van der Waals surface area contributed by atoms with E-state index in [0.29, 0.717) is 5.69 Å². The van der Waals surface area contributed by atoms with Gasteiger partial charge in [0.1, 0.15) is 5.69 Å². The molecule has 0 aliphatic heterocycles. The lowest BCUT2D eigenvalue weighted by molar-refractivity contribution is 0.0640. The third-order valence-corrected chi connectivity index (χ3v) is 5.12. The van der Waals surface area contributed by atoms with E-state index < -0.39 is 0 Å². The van der Waals surface area contributed by atoms with Crippen LogP contribution in [0.1, 0.15) is 38.2 Å². The minimum atomic E-state index is -0.0759. The number of hydrogen-bond acceptors (Lipinski definition) is 4. The molecule has 0 saturated carbocycles. The van der Waals surface area contributed by atoms with E-state index in [-0.39, 0.29) is 18.0 Å². The van der Waals surface area contributed by atoms with E-state index in [2.05, 4.69) is 9.97 Å². The quantitative estimate of drug-likeness (QED) is 0.459. The molecule has 3 aromatic heterocycles. The summed E-state index contributed by atoms with van der Waals surface area (Å²) >= 11 is 0. The largest absolute Gasteiger partial charge is 0.332 e. The van der Waals surface area contributed by atoms with Crippen LogP contribution in [0.25, 0.3) is 32.9 Å². The van der Waals surface area contributed by atoms with Crippen molar-refractivity contribution >= 4 is 27.6 Å². The van der Waals surface area contributed by atoms with Crippen molar-refractivity contribution in [2.24, 2.45) is 0 Å². The number of rotatable bonds is 4. The fraction of sp³-hybridized carbons (Fsp3) is 0.250. The summed E-state index contributed by atoms with van der Waals surface area (Å²) in [4.78, 5) is 29.0. The summed E-state index contributed by atoms with van der Waals surface area (Å²) in [7, 11) is 0. The van der Waals surface area contributed by atoms with Crippen LogP contribution in [-0.4, -0.2) is 37.8 Å². The summed E-state index contributed by atoms with van der Waals surface area (Å²) in [5.41, 5.74) is 3.00. The molecule has 0 spiro atoms. The zero-order valence-electron chi connectivity index (χ0n) is 17.1. The normalized spacial score (nSPS) is 11.5. The highest BCUT2D eigenvalue weighted by molar-refractivity contribution is 6.17. The van der Waals surface area contributed by atoms with Crippen LogP contribution in [-0.2, 0) is 0 Å². The number of hydrogen-bond donors (Lipinski definition) is 0. The molecule has 29 heavy (non-hydrogen) atoms. The van der Waals surface area contributed by atoms with Gasteiger partial charge < -0.3 is 4.90 Å². The summed E-state index contributed by atoms with van der Waals surface area (Å²) in [5.74, 6) is -0.0759. The van der Waals surface area contributed by atoms with Crippen LogP contribution < -0.4 is 0 Å². The third kappa shape index (κ3) is 3.33. The highest BCUT2D eigenvalue weighted by Gasteiger charge is 2.26. The Morgan fingerprint density at radius 1 is 0.862 bits per heavy atom. The van der Waals surface area contributed by atoms with E-state index >= 15 is 0 Å². The molecule has 0 N–H and O–H groups in total. The molecule has 0 unspecified atom stereocenters. The molecule has 5 nitrogen and oxygen atoms in total. The Bertz CT molecular complexity index is 1180. The molecular weight excluding hydrogens is 360 g/mol. The maximum atomic E-state index is 13.6. The minimum absolute atomic E-state index is 0.0670. The van der Waals surface area contributed by atoms with E-state index in [4.69, 9.17) is 4.98 Å². The van der Waals surface area contributed by atoms with E-state index in [1.165, 1.54) is 0 Å². The lowest BCUT2D eigenvalue weighted by atomic mass is 9.99. The van der Waals surface area contributed by atoms with Crippen molar-refractivity contribution in [2.45, 2.75) is 39.8 Å². The Morgan fingerprint density at radius 3 is 2.24 bits per heavy atom. The Kier molecular flexibility index (Phi) is 4.97. The standard InChI is InChI=1S/C24H24N4O/c1-15(2)28(16(3)4)24(29)23-21-19(11-14-26-23)18-7-5-6-8-20(18)27-22(21)17-9-12-25-13-10-17/h5-16H,1-4H3. The SMILES string of the molecule is CC(C)N(C(=O)c1nccc2c1c(-c1ccncc1)nc1ccccc12)C(C)C. The number of nitrogens with zero attached hydrogens (tertiary/aromatic N) is 4. The first kappa shape index (κ1) is 19.0. The van der Waals surface area contributed by atoms with Crippen molar-refractivity contribution in [3.8, 4) is 11.3 Å². The van der Waals surface area contributed by atoms with Crippen molar-refractivity contribution in [3.05, 3.63) is 66.7 Å². The first-order chi connectivity index (χ1) is 14.0. The maximum Gasteiger partial charge on any atom is 0.273 e. The van der Waals surface area contributed by atoms with Crippen LogP contribution in [0.2, 0.25) is 0 Å². The average Bonchev–Trinajstić information content (AvgIpc) is 2.72. The number of para-hydroxylation sites is 1. The minimum Gasteiger partial charge on any atom is -0.332 e. The van der Waals surface area contributed by atoms with Gasteiger partial charge in [-0.1, -0.05) is 18.2 Å². The summed E-state index contributed by atoms with van der Waals surface area (Å²) in [5, 5.41) is 2.78. The predicted molar refractivity (Wildman–Crippen MR) is 117 cm³/mol. The monoisotopic (exact) mass is 384 g/mol. The smallest absolute Gasteiger partial charge is 0.273 e. The molecule has 146 valence electrons.